The number of nitrogens with zero attached hydrogens (tertiary/aromatic N) is 2. The van der Waals surface area contributed by atoms with Crippen molar-refractivity contribution >= 4 is 10.9 Å². The molecule has 2 aromatic carbocycles. The molecule has 1 saturated heterocycles. The van der Waals surface area contributed by atoms with Crippen molar-refractivity contribution in [3.05, 3.63) is 65.4 Å². The summed E-state index contributed by atoms with van der Waals surface area (Å²) in [6, 6.07) is 15.2. The lowest BCUT2D eigenvalue weighted by molar-refractivity contribution is 0.167. The van der Waals surface area contributed by atoms with Crippen molar-refractivity contribution in [2.45, 2.75) is 32.2 Å². The van der Waals surface area contributed by atoms with E-state index in [0.717, 1.165) is 30.6 Å². The summed E-state index contributed by atoms with van der Waals surface area (Å²) < 4.78 is 0. The maximum atomic E-state index is 8.81. The zero-order valence-electron chi connectivity index (χ0n) is 16.2. The third-order valence-electron chi connectivity index (χ3n) is 5.46. The van der Waals surface area contributed by atoms with E-state index in [1.165, 1.54) is 35.9 Å². The molecule has 1 aliphatic heterocycles. The standard InChI is InChI=1S/C24H27N3O/c28-13-2-1-4-19-6-8-20(9-7-19)17-27-12-3-5-22(18-27)14-21-10-11-24-23(15-21)16-25-26-24/h6-11,15-16,22,28H,2-3,5,12-14,17-18H2,(H,25,26). The summed E-state index contributed by atoms with van der Waals surface area (Å²) in [6.45, 7) is 3.45. The van der Waals surface area contributed by atoms with Crippen LogP contribution in [-0.2, 0) is 13.0 Å². The number of piperidine rings is 1. The maximum absolute atomic E-state index is 8.81. The Morgan fingerprint density at radius 3 is 2.86 bits per heavy atom. The van der Waals surface area contributed by atoms with Crippen LogP contribution in [0.2, 0.25) is 0 Å². The lowest BCUT2D eigenvalue weighted by Crippen LogP contribution is -2.35. The molecule has 0 amide bonds. The van der Waals surface area contributed by atoms with Gasteiger partial charge >= 0.3 is 0 Å². The molecule has 1 aliphatic rings. The molecule has 2 N–H and O–H groups in total. The van der Waals surface area contributed by atoms with Crippen molar-refractivity contribution < 1.29 is 5.11 Å². The Labute approximate surface area is 166 Å². The fourth-order valence-corrected chi connectivity index (χ4v) is 4.09. The summed E-state index contributed by atoms with van der Waals surface area (Å²) in [7, 11) is 0. The molecule has 4 nitrogen and oxygen atoms in total. The van der Waals surface area contributed by atoms with Gasteiger partial charge in [0.15, 0.2) is 0 Å². The summed E-state index contributed by atoms with van der Waals surface area (Å²) in [5, 5.41) is 17.2. The molecule has 2 heterocycles. The monoisotopic (exact) mass is 373 g/mol. The molecule has 1 aromatic heterocycles. The van der Waals surface area contributed by atoms with E-state index in [4.69, 9.17) is 5.11 Å². The quantitative estimate of drug-likeness (QED) is 0.670. The van der Waals surface area contributed by atoms with Crippen LogP contribution in [0, 0.1) is 17.8 Å². The van der Waals surface area contributed by atoms with Crippen molar-refractivity contribution in [1.82, 2.24) is 15.1 Å². The van der Waals surface area contributed by atoms with Gasteiger partial charge in [0.1, 0.15) is 0 Å². The van der Waals surface area contributed by atoms with Gasteiger partial charge in [-0.2, -0.15) is 5.10 Å². The van der Waals surface area contributed by atoms with E-state index in [2.05, 4.69) is 69.4 Å². The Balaban J connectivity index is 1.34. The average Bonchev–Trinajstić information content (AvgIpc) is 3.18. The fourth-order valence-electron chi connectivity index (χ4n) is 4.09. The number of nitrogens with one attached hydrogen (secondary N) is 1. The molecular formula is C24H27N3O. The molecule has 0 bridgehead atoms. The van der Waals surface area contributed by atoms with E-state index in [-0.39, 0.29) is 6.61 Å². The van der Waals surface area contributed by atoms with Gasteiger partial charge in [-0.15, -0.1) is 0 Å². The average molecular weight is 374 g/mol. The van der Waals surface area contributed by atoms with E-state index in [9.17, 15) is 0 Å². The van der Waals surface area contributed by atoms with Crippen LogP contribution in [0.4, 0.5) is 0 Å². The number of likely N-dealkylation sites (tertiary alicyclic amines) is 1. The van der Waals surface area contributed by atoms with E-state index < -0.39 is 0 Å². The number of hydrogen-bond acceptors (Lipinski definition) is 3. The van der Waals surface area contributed by atoms with Gasteiger partial charge in [-0.3, -0.25) is 10.00 Å². The molecule has 3 aromatic rings. The molecule has 144 valence electrons. The second kappa shape index (κ2) is 9.05. The fraction of sp³-hybridized carbons (Fsp3) is 0.375. The molecule has 0 saturated carbocycles. The number of aliphatic hydroxyl groups excluding tert-OH is 1. The van der Waals surface area contributed by atoms with Crippen LogP contribution in [-0.4, -0.2) is 39.9 Å². The Morgan fingerprint density at radius 1 is 1.14 bits per heavy atom. The topological polar surface area (TPSA) is 52.1 Å². The van der Waals surface area contributed by atoms with Crippen LogP contribution >= 0.6 is 0 Å². The minimum atomic E-state index is 0.122. The first kappa shape index (κ1) is 18.7. The number of fused-ring (bicyclic) bond motifs is 1. The number of rotatable bonds is 5. The first-order valence-electron chi connectivity index (χ1n) is 10.1. The van der Waals surface area contributed by atoms with E-state index in [1.807, 2.05) is 6.20 Å². The molecule has 0 radical (unpaired) electrons. The molecule has 4 rings (SSSR count). The highest BCUT2D eigenvalue weighted by Crippen LogP contribution is 2.24. The zero-order chi connectivity index (χ0) is 19.2. The number of aromatic amines is 1. The third-order valence-corrected chi connectivity index (χ3v) is 5.46. The first-order chi connectivity index (χ1) is 13.8. The summed E-state index contributed by atoms with van der Waals surface area (Å²) >= 11 is 0. The van der Waals surface area contributed by atoms with E-state index in [1.54, 1.807) is 0 Å². The van der Waals surface area contributed by atoms with Gasteiger partial charge in [-0.25, -0.2) is 0 Å². The van der Waals surface area contributed by atoms with Crippen LogP contribution in [0.1, 0.15) is 36.0 Å². The van der Waals surface area contributed by atoms with Crippen LogP contribution in [0.15, 0.2) is 48.7 Å². The Hall–Kier alpha value is -2.61. The van der Waals surface area contributed by atoms with Gasteiger partial charge in [-0.05, 0) is 67.1 Å². The van der Waals surface area contributed by atoms with Crippen LogP contribution in [0.5, 0.6) is 0 Å². The van der Waals surface area contributed by atoms with Crippen LogP contribution in [0.3, 0.4) is 0 Å². The smallest absolute Gasteiger partial charge is 0.0650 e. The lowest BCUT2D eigenvalue weighted by Gasteiger charge is -2.33. The highest BCUT2D eigenvalue weighted by molar-refractivity contribution is 5.78. The Kier molecular flexibility index (Phi) is 6.06. The number of hydrogen-bond donors (Lipinski definition) is 2. The first-order valence-corrected chi connectivity index (χ1v) is 10.1. The second-order valence-corrected chi connectivity index (χ2v) is 7.71. The van der Waals surface area contributed by atoms with Crippen molar-refractivity contribution in [1.29, 1.82) is 0 Å². The largest absolute Gasteiger partial charge is 0.395 e. The van der Waals surface area contributed by atoms with Crippen molar-refractivity contribution in [3.63, 3.8) is 0 Å². The lowest BCUT2D eigenvalue weighted by atomic mass is 9.90. The molecular weight excluding hydrogens is 346 g/mol. The zero-order valence-corrected chi connectivity index (χ0v) is 16.2. The SMILES string of the molecule is OCCC#Cc1ccc(CN2CCCC(Cc3ccc4[nH]ncc4c3)C2)cc1. The van der Waals surface area contributed by atoms with Crippen molar-refractivity contribution in [2.75, 3.05) is 19.7 Å². The van der Waals surface area contributed by atoms with E-state index >= 15 is 0 Å². The van der Waals surface area contributed by atoms with Crippen LogP contribution < -0.4 is 0 Å². The van der Waals surface area contributed by atoms with Crippen LogP contribution in [0.25, 0.3) is 10.9 Å². The molecule has 1 unspecified atom stereocenters. The summed E-state index contributed by atoms with van der Waals surface area (Å²) in [5.41, 5.74) is 4.88. The molecule has 1 fully saturated rings. The van der Waals surface area contributed by atoms with E-state index in [0.29, 0.717) is 12.3 Å². The summed E-state index contributed by atoms with van der Waals surface area (Å²) in [6.07, 6.45) is 6.15. The minimum Gasteiger partial charge on any atom is -0.395 e. The van der Waals surface area contributed by atoms with Gasteiger partial charge in [0, 0.05) is 30.5 Å². The van der Waals surface area contributed by atoms with Gasteiger partial charge in [0.2, 0.25) is 0 Å². The molecule has 1 atom stereocenters. The van der Waals surface area contributed by atoms with Crippen molar-refractivity contribution in [3.8, 4) is 11.8 Å². The molecule has 0 spiro atoms. The number of benzene rings is 2. The Morgan fingerprint density at radius 2 is 2.00 bits per heavy atom. The second-order valence-electron chi connectivity index (χ2n) is 7.71. The van der Waals surface area contributed by atoms with Crippen molar-refractivity contribution in [2.24, 2.45) is 5.92 Å². The summed E-state index contributed by atoms with van der Waals surface area (Å²) in [5.74, 6) is 6.78. The van der Waals surface area contributed by atoms with Gasteiger partial charge in [-0.1, -0.05) is 30.0 Å². The number of aliphatic hydroxyl groups is 1. The summed E-state index contributed by atoms with van der Waals surface area (Å²) in [4.78, 5) is 2.58. The van der Waals surface area contributed by atoms with Gasteiger partial charge < -0.3 is 5.11 Å². The third kappa shape index (κ3) is 4.81. The predicted molar refractivity (Wildman–Crippen MR) is 113 cm³/mol. The predicted octanol–water partition coefficient (Wildman–Crippen LogP) is 3.75. The number of aromatic nitrogens is 2. The normalized spacial score (nSPS) is 17.4. The minimum absolute atomic E-state index is 0.122. The molecule has 4 heteroatoms. The highest BCUT2D eigenvalue weighted by Gasteiger charge is 2.20. The maximum Gasteiger partial charge on any atom is 0.0650 e. The van der Waals surface area contributed by atoms with Gasteiger partial charge in [0.05, 0.1) is 18.3 Å². The van der Waals surface area contributed by atoms with Gasteiger partial charge in [0.25, 0.3) is 0 Å². The number of H-pyrrole nitrogens is 1. The highest BCUT2D eigenvalue weighted by atomic mass is 16.2. The molecule has 28 heavy (non-hydrogen) atoms. The Bertz CT molecular complexity index is 965. The molecule has 0 aliphatic carbocycles.